The fourth-order valence-corrected chi connectivity index (χ4v) is 2.67. The van der Waals surface area contributed by atoms with Crippen molar-refractivity contribution in [3.05, 3.63) is 56.4 Å². The van der Waals surface area contributed by atoms with Crippen molar-refractivity contribution in [3.63, 3.8) is 0 Å². The quantitative estimate of drug-likeness (QED) is 0.626. The van der Waals surface area contributed by atoms with Gasteiger partial charge in [-0.3, -0.25) is 20.1 Å². The molecular formula is C17H15Cl2F2N5O2. The average molecular weight is 430 g/mol. The summed E-state index contributed by atoms with van der Waals surface area (Å²) in [6.07, 6.45) is 1.77. The second-order valence-electron chi connectivity index (χ2n) is 5.68. The summed E-state index contributed by atoms with van der Waals surface area (Å²) in [7, 11) is 0. The lowest BCUT2D eigenvalue weighted by molar-refractivity contribution is 0.0444. The number of anilines is 1. The van der Waals surface area contributed by atoms with E-state index in [0.717, 1.165) is 6.08 Å². The Morgan fingerprint density at radius 1 is 1.32 bits per heavy atom. The van der Waals surface area contributed by atoms with E-state index >= 15 is 0 Å². The Balaban J connectivity index is 2.06. The molecule has 0 bridgehead atoms. The number of nitrogens with zero attached hydrogens (tertiary/aromatic N) is 2. The molecule has 0 amide bonds. The lowest BCUT2D eigenvalue weighted by Gasteiger charge is -2.17. The number of aromatic amines is 1. The molecule has 3 rings (SSSR count). The molecule has 11 heteroatoms. The SMILES string of the molecule is CC=CC(F)(F)c1nc(NC2=NCCN2)[nH]c(=O)c1Oc1ccc(Cl)c(Cl)c1. The Kier molecular flexibility index (Phi) is 5.85. The monoisotopic (exact) mass is 429 g/mol. The van der Waals surface area contributed by atoms with E-state index in [1.807, 2.05) is 0 Å². The molecule has 0 unspecified atom stereocenters. The van der Waals surface area contributed by atoms with Crippen molar-refractivity contribution >= 4 is 35.1 Å². The number of rotatable bonds is 5. The standard InChI is InChI=1S/C17H15Cl2F2N5O2/c1-2-5-17(20,21)13-12(28-9-3-4-10(18)11(19)8-9)14(27)25-16(24-13)26-15-22-6-7-23-15/h2-5,8H,6-7H2,1H3,(H3,22,23,24,25,26,27). The Bertz CT molecular complexity index is 1010. The number of hydrogen-bond donors (Lipinski definition) is 3. The number of allylic oxidation sites excluding steroid dienone is 2. The zero-order chi connectivity index (χ0) is 20.3. The summed E-state index contributed by atoms with van der Waals surface area (Å²) in [5, 5.41) is 5.96. The van der Waals surface area contributed by atoms with Crippen LogP contribution in [-0.4, -0.2) is 29.0 Å². The van der Waals surface area contributed by atoms with Crippen LogP contribution in [0.15, 0.2) is 40.1 Å². The van der Waals surface area contributed by atoms with Gasteiger partial charge in [0.1, 0.15) is 5.75 Å². The minimum atomic E-state index is -3.56. The van der Waals surface area contributed by atoms with Gasteiger partial charge in [0.05, 0.1) is 16.6 Å². The van der Waals surface area contributed by atoms with Crippen LogP contribution in [0.1, 0.15) is 12.6 Å². The highest BCUT2D eigenvalue weighted by atomic mass is 35.5. The van der Waals surface area contributed by atoms with Crippen LogP contribution in [0.5, 0.6) is 11.5 Å². The van der Waals surface area contributed by atoms with Crippen LogP contribution in [0.25, 0.3) is 0 Å². The van der Waals surface area contributed by atoms with Crippen LogP contribution < -0.4 is 20.9 Å². The van der Waals surface area contributed by atoms with Gasteiger partial charge in [0.15, 0.2) is 11.7 Å². The summed E-state index contributed by atoms with van der Waals surface area (Å²) in [6, 6.07) is 4.13. The molecule has 0 fully saturated rings. The van der Waals surface area contributed by atoms with Gasteiger partial charge in [-0.1, -0.05) is 29.3 Å². The molecule has 0 spiro atoms. The highest BCUT2D eigenvalue weighted by Crippen LogP contribution is 2.36. The molecule has 0 saturated heterocycles. The van der Waals surface area contributed by atoms with Crippen LogP contribution in [0, 0.1) is 0 Å². The molecule has 0 radical (unpaired) electrons. The van der Waals surface area contributed by atoms with Crippen LogP contribution in [0.2, 0.25) is 10.0 Å². The molecule has 1 aliphatic rings. The van der Waals surface area contributed by atoms with Gasteiger partial charge >= 0.3 is 5.92 Å². The van der Waals surface area contributed by atoms with Crippen molar-refractivity contribution in [2.45, 2.75) is 12.8 Å². The number of guanidine groups is 1. The summed E-state index contributed by atoms with van der Waals surface area (Å²) >= 11 is 11.8. The van der Waals surface area contributed by atoms with Gasteiger partial charge in [-0.05, 0) is 25.1 Å². The van der Waals surface area contributed by atoms with Crippen molar-refractivity contribution in [1.82, 2.24) is 15.3 Å². The summed E-state index contributed by atoms with van der Waals surface area (Å²) in [6.45, 7) is 2.54. The molecule has 2 heterocycles. The topological polar surface area (TPSA) is 91.4 Å². The number of aliphatic imine (C=N–C) groups is 1. The van der Waals surface area contributed by atoms with E-state index < -0.39 is 22.9 Å². The number of halogens is 4. The Morgan fingerprint density at radius 3 is 2.75 bits per heavy atom. The number of H-pyrrole nitrogens is 1. The third kappa shape index (κ3) is 4.42. The first-order valence-electron chi connectivity index (χ1n) is 8.15. The molecule has 0 saturated carbocycles. The molecule has 28 heavy (non-hydrogen) atoms. The van der Waals surface area contributed by atoms with Gasteiger partial charge in [0, 0.05) is 12.6 Å². The number of ether oxygens (including phenoxy) is 1. The lowest BCUT2D eigenvalue weighted by Crippen LogP contribution is -2.30. The van der Waals surface area contributed by atoms with Gasteiger partial charge in [0.2, 0.25) is 11.7 Å². The lowest BCUT2D eigenvalue weighted by atomic mass is 10.2. The first kappa shape index (κ1) is 20.1. The summed E-state index contributed by atoms with van der Waals surface area (Å²) in [5.41, 5.74) is -1.76. The fourth-order valence-electron chi connectivity index (χ4n) is 2.38. The maximum Gasteiger partial charge on any atom is 0.312 e. The van der Waals surface area contributed by atoms with Crippen LogP contribution in [-0.2, 0) is 5.92 Å². The average Bonchev–Trinajstić information content (AvgIpc) is 3.13. The van der Waals surface area contributed by atoms with E-state index in [1.54, 1.807) is 0 Å². The first-order chi connectivity index (χ1) is 13.3. The Hall–Kier alpha value is -2.65. The predicted molar refractivity (Wildman–Crippen MR) is 104 cm³/mol. The van der Waals surface area contributed by atoms with Crippen molar-refractivity contribution in [1.29, 1.82) is 0 Å². The number of benzene rings is 1. The second kappa shape index (κ2) is 8.15. The molecule has 148 valence electrons. The largest absolute Gasteiger partial charge is 0.449 e. The molecule has 1 aromatic heterocycles. The van der Waals surface area contributed by atoms with Gasteiger partial charge < -0.3 is 10.1 Å². The highest BCUT2D eigenvalue weighted by Gasteiger charge is 2.36. The summed E-state index contributed by atoms with van der Waals surface area (Å²) in [4.78, 5) is 22.8. The smallest absolute Gasteiger partial charge is 0.312 e. The van der Waals surface area contributed by atoms with E-state index in [1.165, 1.54) is 25.1 Å². The zero-order valence-electron chi connectivity index (χ0n) is 14.5. The maximum atomic E-state index is 14.6. The predicted octanol–water partition coefficient (Wildman–Crippen LogP) is 3.91. The van der Waals surface area contributed by atoms with E-state index in [2.05, 4.69) is 25.6 Å². The molecule has 3 N–H and O–H groups in total. The maximum absolute atomic E-state index is 14.6. The number of nitrogens with one attached hydrogen (secondary N) is 3. The minimum absolute atomic E-state index is 0.0572. The summed E-state index contributed by atoms with van der Waals surface area (Å²) in [5.74, 6) is -4.04. The van der Waals surface area contributed by atoms with E-state index in [-0.39, 0.29) is 21.7 Å². The van der Waals surface area contributed by atoms with Gasteiger partial charge in [0.25, 0.3) is 5.56 Å². The molecule has 0 aliphatic carbocycles. The van der Waals surface area contributed by atoms with E-state index in [0.29, 0.717) is 25.1 Å². The molecule has 7 nitrogen and oxygen atoms in total. The molecular weight excluding hydrogens is 415 g/mol. The van der Waals surface area contributed by atoms with Crippen LogP contribution in [0.4, 0.5) is 14.7 Å². The summed E-state index contributed by atoms with van der Waals surface area (Å²) < 4.78 is 34.7. The van der Waals surface area contributed by atoms with Gasteiger partial charge in [-0.25, -0.2) is 4.98 Å². The van der Waals surface area contributed by atoms with Crippen molar-refractivity contribution in [2.75, 3.05) is 18.4 Å². The highest BCUT2D eigenvalue weighted by molar-refractivity contribution is 6.42. The van der Waals surface area contributed by atoms with Gasteiger partial charge in [-0.15, -0.1) is 0 Å². The third-order valence-electron chi connectivity index (χ3n) is 3.59. The van der Waals surface area contributed by atoms with Crippen molar-refractivity contribution < 1.29 is 13.5 Å². The number of aromatic nitrogens is 2. The van der Waals surface area contributed by atoms with Gasteiger partial charge in [-0.2, -0.15) is 8.78 Å². The Labute approximate surface area is 168 Å². The zero-order valence-corrected chi connectivity index (χ0v) is 16.0. The van der Waals surface area contributed by atoms with E-state index in [4.69, 9.17) is 27.9 Å². The normalized spacial score (nSPS) is 14.1. The first-order valence-corrected chi connectivity index (χ1v) is 8.90. The number of alkyl halides is 2. The van der Waals surface area contributed by atoms with Crippen molar-refractivity contribution in [3.8, 4) is 11.5 Å². The molecule has 1 aliphatic heterocycles. The second-order valence-corrected chi connectivity index (χ2v) is 6.49. The molecule has 0 atom stereocenters. The van der Waals surface area contributed by atoms with Crippen LogP contribution >= 0.6 is 23.2 Å². The molecule has 2 aromatic rings. The fraction of sp³-hybridized carbons (Fsp3) is 0.235. The van der Waals surface area contributed by atoms with Crippen LogP contribution in [0.3, 0.4) is 0 Å². The van der Waals surface area contributed by atoms with Crippen molar-refractivity contribution in [2.24, 2.45) is 4.99 Å². The molecule has 1 aromatic carbocycles. The Morgan fingerprint density at radius 2 is 2.11 bits per heavy atom. The minimum Gasteiger partial charge on any atom is -0.449 e. The third-order valence-corrected chi connectivity index (χ3v) is 4.33. The number of hydrogen-bond acceptors (Lipinski definition) is 6. The van der Waals surface area contributed by atoms with E-state index in [9.17, 15) is 13.6 Å².